The number of carbonyl (C=O) groups is 13. The topological polar surface area (TPSA) is 581 Å². The van der Waals surface area contributed by atoms with Crippen LogP contribution in [0.15, 0.2) is 9.98 Å². The molecule has 36 nitrogen and oxygen atoms in total. The molecule has 1 aliphatic heterocycles. The van der Waals surface area contributed by atoms with Crippen LogP contribution < -0.4 is 60.6 Å². The summed E-state index contributed by atoms with van der Waals surface area (Å²) in [5.74, 6) is -16.0. The summed E-state index contributed by atoms with van der Waals surface area (Å²) >= 11 is 1.20. The maximum Gasteiger partial charge on any atom is 0.346 e. The van der Waals surface area contributed by atoms with Crippen LogP contribution in [0.25, 0.3) is 0 Å². The van der Waals surface area contributed by atoms with Gasteiger partial charge in [0.2, 0.25) is 59.3 Å². The second-order valence-electron chi connectivity index (χ2n) is 19.0. The zero-order chi connectivity index (χ0) is 64.0. The van der Waals surface area contributed by atoms with Gasteiger partial charge < -0.3 is 90.5 Å². The predicted molar refractivity (Wildman–Crippen MR) is 295 cm³/mol. The number of esters is 2. The number of carbonyl (C=O) groups excluding carboxylic acids is 10. The minimum Gasteiger partial charge on any atom is -0.481 e. The summed E-state index contributed by atoms with van der Waals surface area (Å²) in [5.41, 5.74) is 26.8. The van der Waals surface area contributed by atoms with Crippen LogP contribution >= 0.6 is 19.4 Å². The third-order valence-electron chi connectivity index (χ3n) is 11.9. The number of Topliss-reactive ketones (excluding diaryl/α,β-unsaturated/α-hetero) is 1. The van der Waals surface area contributed by atoms with E-state index in [4.69, 9.17) is 42.7 Å². The Morgan fingerprint density at radius 1 is 0.607 bits per heavy atom. The number of nitrogens with two attached hydrogens (primary N) is 5. The number of hydrogen-bond acceptors (Lipinski definition) is 21. The van der Waals surface area contributed by atoms with Gasteiger partial charge in [-0.25, -0.2) is 18.9 Å². The van der Waals surface area contributed by atoms with Crippen molar-refractivity contribution >= 4 is 108 Å². The molecule has 9 atom stereocenters. The number of ketones is 1. The highest BCUT2D eigenvalue weighted by molar-refractivity contribution is 7.98. The average Bonchev–Trinajstić information content (AvgIpc) is 3.97. The second kappa shape index (κ2) is 37.5. The molecule has 1 fully saturated rings. The first-order valence-electron chi connectivity index (χ1n) is 25.8. The van der Waals surface area contributed by atoms with Crippen molar-refractivity contribution in [1.82, 2.24) is 41.2 Å². The molecular weight excluding hydrogens is 1160 g/mol. The van der Waals surface area contributed by atoms with Crippen molar-refractivity contribution in [3.63, 3.8) is 0 Å². The molecule has 474 valence electrons. The van der Waals surface area contributed by atoms with E-state index >= 15 is 0 Å². The lowest BCUT2D eigenvalue weighted by Gasteiger charge is -2.30. The van der Waals surface area contributed by atoms with Crippen molar-refractivity contribution in [2.45, 2.75) is 138 Å². The van der Waals surface area contributed by atoms with Gasteiger partial charge in [0.25, 0.3) is 0 Å². The van der Waals surface area contributed by atoms with Crippen LogP contribution in [-0.2, 0) is 80.9 Å². The normalized spacial score (nSPS) is 16.4. The summed E-state index contributed by atoms with van der Waals surface area (Å²) < 4.78 is 31.0. The molecule has 0 saturated carbocycles. The van der Waals surface area contributed by atoms with Crippen molar-refractivity contribution in [3.8, 4) is 0 Å². The van der Waals surface area contributed by atoms with Crippen LogP contribution in [0.4, 0.5) is 0 Å². The summed E-state index contributed by atoms with van der Waals surface area (Å²) in [6, 6.07) is -9.87. The summed E-state index contributed by atoms with van der Waals surface area (Å²) in [5, 5.41) is 52.8. The van der Waals surface area contributed by atoms with Gasteiger partial charge in [-0.3, -0.25) is 71.8 Å². The van der Waals surface area contributed by atoms with Crippen molar-refractivity contribution < 1.29 is 101 Å². The summed E-state index contributed by atoms with van der Waals surface area (Å²) in [6.07, 6.45) is -10.0. The number of cyclic esters (lactones) is 1. The minimum atomic E-state index is -3.94. The number of guanidine groups is 2. The van der Waals surface area contributed by atoms with Crippen LogP contribution in [0.1, 0.15) is 83.5 Å². The molecule has 0 radical (unpaired) electrons. The lowest BCUT2D eigenvalue weighted by atomic mass is 10.0. The number of nitrogens with zero attached hydrogens (tertiary/aromatic N) is 4. The molecule has 1 rings (SSSR count). The van der Waals surface area contributed by atoms with E-state index in [1.54, 1.807) is 6.26 Å². The van der Waals surface area contributed by atoms with Gasteiger partial charge in [-0.2, -0.15) is 11.8 Å². The number of carboxylic acids is 3. The number of aliphatic carboxylic acids is 3. The zero-order valence-corrected chi connectivity index (χ0v) is 48.7. The highest BCUT2D eigenvalue weighted by Gasteiger charge is 2.53. The zero-order valence-electron chi connectivity index (χ0n) is 47.0. The monoisotopic (exact) mass is 1240 g/mol. The van der Waals surface area contributed by atoms with Gasteiger partial charge in [-0.1, -0.05) is 0 Å². The molecule has 0 aromatic carbocycles. The van der Waals surface area contributed by atoms with Crippen molar-refractivity contribution in [2.24, 2.45) is 38.7 Å². The van der Waals surface area contributed by atoms with Crippen LogP contribution in [-0.4, -0.2) is 233 Å². The Bertz CT molecular complexity index is 2450. The Labute approximate surface area is 486 Å². The first-order chi connectivity index (χ1) is 39.3. The number of rotatable bonds is 42. The van der Waals surface area contributed by atoms with Crippen LogP contribution in [0.3, 0.4) is 0 Å². The highest BCUT2D eigenvalue weighted by atomic mass is 32.2. The Balaban J connectivity index is 3.40. The van der Waals surface area contributed by atoms with Gasteiger partial charge in [0.15, 0.2) is 18.0 Å². The van der Waals surface area contributed by atoms with E-state index in [2.05, 4.69) is 41.9 Å². The van der Waals surface area contributed by atoms with Crippen molar-refractivity contribution in [1.29, 1.82) is 0 Å². The van der Waals surface area contributed by atoms with E-state index in [0.29, 0.717) is 0 Å². The van der Waals surface area contributed by atoms with E-state index in [-0.39, 0.29) is 62.9 Å². The Hall–Kier alpha value is -7.73. The predicted octanol–water partition coefficient (Wildman–Crippen LogP) is -6.37. The second-order valence-corrected chi connectivity index (χ2v) is 22.7. The molecule has 0 spiro atoms. The third kappa shape index (κ3) is 27.1. The maximum atomic E-state index is 14.1. The fourth-order valence-corrected chi connectivity index (χ4v) is 9.51. The molecule has 1 heterocycles. The summed E-state index contributed by atoms with van der Waals surface area (Å²) in [4.78, 5) is 176. The number of hydrogen-bond donors (Lipinski definition) is 15. The van der Waals surface area contributed by atoms with Gasteiger partial charge in [0.1, 0.15) is 36.3 Å². The number of carboxylic acid groups (broad SMARTS) is 3. The fraction of sp³-hybridized carbons (Fsp3) is 0.674. The lowest BCUT2D eigenvalue weighted by molar-refractivity contribution is -0.166. The molecule has 0 aliphatic carbocycles. The number of primary amides is 1. The molecule has 38 heteroatoms. The van der Waals surface area contributed by atoms with Crippen LogP contribution in [0.2, 0.25) is 0 Å². The molecule has 0 aromatic rings. The number of nitrogens with one attached hydrogen (secondary N) is 6. The van der Waals surface area contributed by atoms with E-state index < -0.39 is 197 Å². The molecule has 0 bridgehead atoms. The van der Waals surface area contributed by atoms with Gasteiger partial charge >= 0.3 is 37.5 Å². The Kier molecular flexibility index (Phi) is 33.1. The highest BCUT2D eigenvalue weighted by Crippen LogP contribution is 2.52. The molecule has 1 saturated heterocycles. The summed E-state index contributed by atoms with van der Waals surface area (Å²) in [6.45, 7) is -1.11. The molecular formula is C46H78N15O21PS. The van der Waals surface area contributed by atoms with Gasteiger partial charge in [0, 0.05) is 38.8 Å². The van der Waals surface area contributed by atoms with E-state index in [9.17, 15) is 87.3 Å². The molecule has 7 amide bonds. The number of aliphatic hydroxyl groups excluding tert-OH is 1. The maximum absolute atomic E-state index is 14.1. The largest absolute Gasteiger partial charge is 0.481 e. The summed E-state index contributed by atoms with van der Waals surface area (Å²) in [7, 11) is 1.48. The minimum absolute atomic E-state index is 0.0195. The number of aliphatic hydroxyl groups is 1. The number of aliphatic imine (C=N–C) groups is 2. The molecule has 3 unspecified atom stereocenters. The molecule has 0 aromatic heterocycles. The standard InChI is InChI=1S/C46H78N15O21PS/c1-60(2)83(79,61(3)4)82-37-35(70)36(81-44(37)78)29(22-62)80-34(69)17-14-31(64)54-24(11-15-32(65)66)39(72)57-26(12-16-33(67)68)41(74)58-27(18-21-84-5)42(75)56-25(10-13-30(47)63)40(73)55-23(8-6-19-52-45(48)49)38(71)59-28(43(76)77)9-7-20-53-46(50)51/h23-29,36-37,62H,6-22H2,1-5H3,(H2,47,63)(H,54,64)(H,55,73)(H,56,75)(H,57,72)(H,58,74)(H,59,71)(H,65,66)(H,67,68)(H,76,77)(H4,48,49,52)(H4,50,51,53)/t23-,24-,25-,26-,27-,28-,29?,36?,37?/m0/s1. The van der Waals surface area contributed by atoms with Crippen molar-refractivity contribution in [2.75, 3.05) is 59.9 Å². The van der Waals surface area contributed by atoms with Crippen LogP contribution in [0, 0.1) is 0 Å². The van der Waals surface area contributed by atoms with E-state index in [1.807, 2.05) is 0 Å². The van der Waals surface area contributed by atoms with Gasteiger partial charge in [0.05, 0.1) is 13.0 Å². The fourth-order valence-electron chi connectivity index (χ4n) is 7.48. The smallest absolute Gasteiger partial charge is 0.346 e. The van der Waals surface area contributed by atoms with Crippen molar-refractivity contribution in [3.05, 3.63) is 0 Å². The lowest BCUT2D eigenvalue weighted by Crippen LogP contribution is -2.59. The first kappa shape index (κ1) is 74.3. The SMILES string of the molecule is CSCC[C@H](NC(=O)[C@H](CCC(=O)O)NC(=O)[C@H](CCC(=O)O)NC(=O)CCC(=O)OC(CO)C1OC(=O)C(OP(=O)(N(C)C)N(C)C)C1=O)C(=O)N[C@@H](CCC(N)=O)C(=O)N[C@@H](CCCN=C(N)N)C(=O)N[C@@H](CCCN=C(N)N)C(=O)O. The Morgan fingerprint density at radius 2 is 1.01 bits per heavy atom. The van der Waals surface area contributed by atoms with E-state index in [1.165, 1.54) is 40.0 Å². The van der Waals surface area contributed by atoms with Gasteiger partial charge in [-0.05, 0) is 91.6 Å². The molecule has 1 aliphatic rings. The molecule has 20 N–H and O–H groups in total. The average molecular weight is 1240 g/mol. The number of ether oxygens (including phenoxy) is 2. The van der Waals surface area contributed by atoms with Gasteiger partial charge in [-0.15, -0.1) is 0 Å². The number of thioether (sulfide) groups is 1. The third-order valence-corrected chi connectivity index (χ3v) is 15.0. The number of amides is 7. The van der Waals surface area contributed by atoms with E-state index in [0.717, 1.165) is 9.34 Å². The molecule has 84 heavy (non-hydrogen) atoms. The first-order valence-corrected chi connectivity index (χ1v) is 28.7. The van der Waals surface area contributed by atoms with Crippen LogP contribution in [0.5, 0.6) is 0 Å². The Morgan fingerprint density at radius 3 is 1.40 bits per heavy atom. The quantitative estimate of drug-likeness (QED) is 0.00675.